The highest BCUT2D eigenvalue weighted by atomic mass is 16.5. The standard InChI is InChI=1S/C30H50N4O2/c1-29(2,33-31-27-15-7-5-8-16-27)35-23-11-13-25-19-21-26(22-20-25)14-12-24-36-30(3,4)34-32-28-17-9-6-10-18-28/h19-22,27-28H,5-18,23-24H2,1-4H3. The molecule has 202 valence electrons. The van der Waals surface area contributed by atoms with Crippen LogP contribution in [-0.4, -0.2) is 36.7 Å². The molecule has 6 heteroatoms. The zero-order chi connectivity index (χ0) is 25.7. The second-order valence-electron chi connectivity index (χ2n) is 11.6. The van der Waals surface area contributed by atoms with Crippen LogP contribution in [0.3, 0.4) is 0 Å². The number of hydrogen-bond acceptors (Lipinski definition) is 6. The summed E-state index contributed by atoms with van der Waals surface area (Å²) in [5.74, 6) is 0. The number of hydrogen-bond donors (Lipinski definition) is 0. The molecule has 2 aliphatic carbocycles. The van der Waals surface area contributed by atoms with E-state index in [4.69, 9.17) is 9.47 Å². The first-order valence-electron chi connectivity index (χ1n) is 14.5. The minimum Gasteiger partial charge on any atom is -0.353 e. The van der Waals surface area contributed by atoms with Crippen LogP contribution in [0.4, 0.5) is 0 Å². The Balaban J connectivity index is 1.28. The largest absolute Gasteiger partial charge is 0.353 e. The Morgan fingerprint density at radius 2 is 0.972 bits per heavy atom. The van der Waals surface area contributed by atoms with Crippen molar-refractivity contribution in [3.63, 3.8) is 0 Å². The summed E-state index contributed by atoms with van der Waals surface area (Å²) in [6.45, 7) is 9.45. The van der Waals surface area contributed by atoms with E-state index < -0.39 is 11.4 Å². The molecule has 36 heavy (non-hydrogen) atoms. The summed E-state index contributed by atoms with van der Waals surface area (Å²) in [5.41, 5.74) is 1.64. The molecule has 6 nitrogen and oxygen atoms in total. The van der Waals surface area contributed by atoms with Crippen molar-refractivity contribution in [1.82, 2.24) is 0 Å². The van der Waals surface area contributed by atoms with Crippen molar-refractivity contribution in [2.24, 2.45) is 20.5 Å². The molecule has 0 spiro atoms. The Kier molecular flexibility index (Phi) is 12.0. The molecular formula is C30H50N4O2. The van der Waals surface area contributed by atoms with Crippen molar-refractivity contribution in [3.05, 3.63) is 35.4 Å². The lowest BCUT2D eigenvalue weighted by atomic mass is 9.96. The molecule has 0 unspecified atom stereocenters. The van der Waals surface area contributed by atoms with Crippen LogP contribution in [0.15, 0.2) is 44.7 Å². The summed E-state index contributed by atoms with van der Waals surface area (Å²) >= 11 is 0. The van der Waals surface area contributed by atoms with Crippen molar-refractivity contribution in [2.45, 2.75) is 141 Å². The third kappa shape index (κ3) is 11.6. The van der Waals surface area contributed by atoms with Gasteiger partial charge in [-0.2, -0.15) is 20.5 Å². The number of nitrogens with zero attached hydrogens (tertiary/aromatic N) is 4. The third-order valence-electron chi connectivity index (χ3n) is 7.23. The molecule has 3 rings (SSSR count). The Bertz CT molecular complexity index is 725. The van der Waals surface area contributed by atoms with E-state index in [0.717, 1.165) is 25.7 Å². The van der Waals surface area contributed by atoms with Crippen molar-refractivity contribution in [3.8, 4) is 0 Å². The molecule has 0 saturated heterocycles. The van der Waals surface area contributed by atoms with Crippen molar-refractivity contribution in [1.29, 1.82) is 0 Å². The summed E-state index contributed by atoms with van der Waals surface area (Å²) in [6, 6.07) is 9.77. The molecular weight excluding hydrogens is 448 g/mol. The van der Waals surface area contributed by atoms with Gasteiger partial charge in [0.05, 0.1) is 12.1 Å². The summed E-state index contributed by atoms with van der Waals surface area (Å²) in [4.78, 5) is 0. The van der Waals surface area contributed by atoms with Gasteiger partial charge < -0.3 is 9.47 Å². The van der Waals surface area contributed by atoms with Gasteiger partial charge in [-0.1, -0.05) is 62.8 Å². The van der Waals surface area contributed by atoms with Crippen LogP contribution in [0.2, 0.25) is 0 Å². The zero-order valence-corrected chi connectivity index (χ0v) is 23.4. The Labute approximate surface area is 219 Å². The summed E-state index contributed by atoms with van der Waals surface area (Å²) in [5, 5.41) is 18.1. The SMILES string of the molecule is CC(C)(N=NC1CCCCC1)OCCCc1ccc(CCCOC(C)(C)N=NC2CCCCC2)cc1. The average molecular weight is 499 g/mol. The van der Waals surface area contributed by atoms with Crippen molar-refractivity contribution >= 4 is 0 Å². The van der Waals surface area contributed by atoms with E-state index in [2.05, 4.69) is 44.7 Å². The maximum absolute atomic E-state index is 6.02. The van der Waals surface area contributed by atoms with E-state index in [1.54, 1.807) is 0 Å². The van der Waals surface area contributed by atoms with Gasteiger partial charge in [-0.25, -0.2) is 0 Å². The highest BCUT2D eigenvalue weighted by Gasteiger charge is 2.20. The molecule has 2 saturated carbocycles. The van der Waals surface area contributed by atoms with Gasteiger partial charge in [0.2, 0.25) is 0 Å². The highest BCUT2D eigenvalue weighted by Crippen LogP contribution is 2.24. The third-order valence-corrected chi connectivity index (χ3v) is 7.23. The van der Waals surface area contributed by atoms with Crippen molar-refractivity contribution < 1.29 is 9.47 Å². The van der Waals surface area contributed by atoms with Gasteiger partial charge in [0.1, 0.15) is 0 Å². The Hall–Kier alpha value is -1.66. The van der Waals surface area contributed by atoms with Crippen molar-refractivity contribution in [2.75, 3.05) is 13.2 Å². The molecule has 2 aliphatic rings. The monoisotopic (exact) mass is 498 g/mol. The first-order chi connectivity index (χ1) is 17.3. The van der Waals surface area contributed by atoms with E-state index in [-0.39, 0.29) is 0 Å². The zero-order valence-electron chi connectivity index (χ0n) is 23.4. The number of ether oxygens (including phenoxy) is 2. The van der Waals surface area contributed by atoms with Gasteiger partial charge in [0.15, 0.2) is 11.4 Å². The lowest BCUT2D eigenvalue weighted by Gasteiger charge is -2.22. The van der Waals surface area contributed by atoms with E-state index >= 15 is 0 Å². The summed E-state index contributed by atoms with van der Waals surface area (Å²) < 4.78 is 12.0. The predicted octanol–water partition coefficient (Wildman–Crippen LogP) is 8.63. The maximum Gasteiger partial charge on any atom is 0.173 e. The fourth-order valence-electron chi connectivity index (χ4n) is 4.96. The van der Waals surface area contributed by atoms with Gasteiger partial charge in [0, 0.05) is 13.2 Å². The van der Waals surface area contributed by atoms with Gasteiger partial charge >= 0.3 is 0 Å². The number of azo groups is 2. The van der Waals surface area contributed by atoms with E-state index in [1.807, 2.05) is 27.7 Å². The van der Waals surface area contributed by atoms with Crippen LogP contribution in [-0.2, 0) is 22.3 Å². The number of aryl methyl sites for hydroxylation is 2. The molecule has 0 heterocycles. The van der Waals surface area contributed by atoms with E-state index in [1.165, 1.54) is 75.3 Å². The van der Waals surface area contributed by atoms with Crippen LogP contribution >= 0.6 is 0 Å². The van der Waals surface area contributed by atoms with Crippen LogP contribution in [0.25, 0.3) is 0 Å². The fraction of sp³-hybridized carbons (Fsp3) is 0.800. The lowest BCUT2D eigenvalue weighted by Crippen LogP contribution is -2.23. The Morgan fingerprint density at radius 1 is 0.611 bits per heavy atom. The van der Waals surface area contributed by atoms with Crippen LogP contribution in [0, 0.1) is 0 Å². The topological polar surface area (TPSA) is 67.9 Å². The summed E-state index contributed by atoms with van der Waals surface area (Å²) in [7, 11) is 0. The smallest absolute Gasteiger partial charge is 0.173 e. The minimum atomic E-state index is -0.533. The van der Waals surface area contributed by atoms with E-state index in [0.29, 0.717) is 25.3 Å². The van der Waals surface area contributed by atoms with Gasteiger partial charge in [-0.15, -0.1) is 0 Å². The second-order valence-corrected chi connectivity index (χ2v) is 11.6. The first kappa shape index (κ1) is 28.9. The van der Waals surface area contributed by atoms with Crippen LogP contribution < -0.4 is 0 Å². The lowest BCUT2D eigenvalue weighted by molar-refractivity contribution is -0.0185. The fourth-order valence-corrected chi connectivity index (χ4v) is 4.96. The van der Waals surface area contributed by atoms with E-state index in [9.17, 15) is 0 Å². The molecule has 0 bridgehead atoms. The van der Waals surface area contributed by atoms with Gasteiger partial charge in [-0.3, -0.25) is 0 Å². The molecule has 0 aliphatic heterocycles. The average Bonchev–Trinajstić information content (AvgIpc) is 2.89. The quantitative estimate of drug-likeness (QED) is 0.190. The van der Waals surface area contributed by atoms with Crippen LogP contribution in [0.1, 0.15) is 116 Å². The Morgan fingerprint density at radius 3 is 1.33 bits per heavy atom. The molecule has 0 amide bonds. The molecule has 0 N–H and O–H groups in total. The molecule has 0 radical (unpaired) electrons. The normalized spacial score (nSPS) is 19.0. The summed E-state index contributed by atoms with van der Waals surface area (Å²) in [6.07, 6.45) is 16.5. The molecule has 1 aromatic carbocycles. The minimum absolute atomic E-state index is 0.398. The number of benzene rings is 1. The van der Waals surface area contributed by atoms with Gasteiger partial charge in [-0.05, 0) is 90.2 Å². The second kappa shape index (κ2) is 14.9. The van der Waals surface area contributed by atoms with Gasteiger partial charge in [0.25, 0.3) is 0 Å². The first-order valence-corrected chi connectivity index (χ1v) is 14.5. The molecule has 0 atom stereocenters. The van der Waals surface area contributed by atoms with Crippen LogP contribution in [0.5, 0.6) is 0 Å². The molecule has 1 aromatic rings. The molecule has 0 aromatic heterocycles. The number of rotatable bonds is 14. The molecule has 2 fully saturated rings. The predicted molar refractivity (Wildman–Crippen MR) is 147 cm³/mol. The maximum atomic E-state index is 6.02. The highest BCUT2D eigenvalue weighted by molar-refractivity contribution is 5.22.